The number of nitrogens with one attached hydrogen (secondary N) is 2. The lowest BCUT2D eigenvalue weighted by atomic mass is 9.95. The van der Waals surface area contributed by atoms with Crippen LogP contribution in [-0.4, -0.2) is 17.5 Å². The van der Waals surface area contributed by atoms with Gasteiger partial charge in [-0.25, -0.2) is 0 Å². The first kappa shape index (κ1) is 15.0. The van der Waals surface area contributed by atoms with E-state index in [0.717, 1.165) is 13.0 Å². The molecule has 3 nitrogen and oxygen atoms in total. The molecule has 1 aliphatic heterocycles. The molecule has 1 aromatic carbocycles. The largest absolute Gasteiger partial charge is 0.350 e. The molecule has 1 amide bonds. The van der Waals surface area contributed by atoms with Crippen LogP contribution in [0.2, 0.25) is 0 Å². The third kappa shape index (κ3) is 3.72. The van der Waals surface area contributed by atoms with Crippen LogP contribution in [0.25, 0.3) is 0 Å². The Kier molecular flexibility index (Phi) is 4.77. The highest BCUT2D eigenvalue weighted by atomic mass is 35.5. The molecule has 4 heteroatoms. The van der Waals surface area contributed by atoms with Gasteiger partial charge in [0.1, 0.15) is 0 Å². The van der Waals surface area contributed by atoms with Crippen LogP contribution in [0.3, 0.4) is 0 Å². The number of carbonyl (C=O) groups is 1. The Morgan fingerprint density at radius 3 is 2.50 bits per heavy atom. The topological polar surface area (TPSA) is 41.1 Å². The maximum Gasteiger partial charge on any atom is 0.237 e. The van der Waals surface area contributed by atoms with Crippen molar-refractivity contribution in [1.82, 2.24) is 10.6 Å². The number of hydrogen-bond donors (Lipinski definition) is 2. The van der Waals surface area contributed by atoms with Crippen molar-refractivity contribution in [2.24, 2.45) is 0 Å². The highest BCUT2D eigenvalue weighted by Crippen LogP contribution is 2.16. The van der Waals surface area contributed by atoms with E-state index in [1.807, 2.05) is 32.9 Å². The van der Waals surface area contributed by atoms with Crippen molar-refractivity contribution >= 4 is 18.3 Å². The first-order chi connectivity index (χ1) is 7.96. The lowest BCUT2D eigenvalue weighted by molar-refractivity contribution is -0.124. The molecule has 0 saturated carbocycles. The molecule has 0 radical (unpaired) electrons. The van der Waals surface area contributed by atoms with Gasteiger partial charge in [0.15, 0.2) is 0 Å². The monoisotopic (exact) mass is 268 g/mol. The van der Waals surface area contributed by atoms with Crippen LogP contribution in [0.1, 0.15) is 31.9 Å². The van der Waals surface area contributed by atoms with E-state index in [9.17, 15) is 4.79 Å². The van der Waals surface area contributed by atoms with Crippen molar-refractivity contribution in [3.05, 3.63) is 35.4 Å². The molecule has 2 N–H and O–H groups in total. The molecule has 1 heterocycles. The predicted molar refractivity (Wildman–Crippen MR) is 75.9 cm³/mol. The Balaban J connectivity index is 0.00000162. The fraction of sp³-hybridized carbons (Fsp3) is 0.500. The zero-order chi connectivity index (χ0) is 12.5. The smallest absolute Gasteiger partial charge is 0.237 e. The summed E-state index contributed by atoms with van der Waals surface area (Å²) in [6.45, 7) is 6.78. The molecule has 0 bridgehead atoms. The van der Waals surface area contributed by atoms with Gasteiger partial charge in [-0.15, -0.1) is 12.4 Å². The van der Waals surface area contributed by atoms with E-state index in [1.54, 1.807) is 0 Å². The Labute approximate surface area is 115 Å². The number of halogens is 1. The highest BCUT2D eigenvalue weighted by molar-refractivity contribution is 5.85. The van der Waals surface area contributed by atoms with Gasteiger partial charge in [-0.1, -0.05) is 24.3 Å². The fourth-order valence-electron chi connectivity index (χ4n) is 2.10. The van der Waals surface area contributed by atoms with Crippen LogP contribution in [0.15, 0.2) is 24.3 Å². The molecule has 0 unspecified atom stereocenters. The minimum Gasteiger partial charge on any atom is -0.350 e. The van der Waals surface area contributed by atoms with E-state index in [0.29, 0.717) is 0 Å². The first-order valence-electron chi connectivity index (χ1n) is 6.08. The van der Waals surface area contributed by atoms with Crippen molar-refractivity contribution < 1.29 is 4.79 Å². The minimum absolute atomic E-state index is 0. The number of carbonyl (C=O) groups excluding carboxylic acids is 1. The first-order valence-corrected chi connectivity index (χ1v) is 6.08. The van der Waals surface area contributed by atoms with Gasteiger partial charge in [-0.05, 0) is 38.3 Å². The molecule has 1 atom stereocenters. The van der Waals surface area contributed by atoms with E-state index in [2.05, 4.69) is 22.8 Å². The van der Waals surface area contributed by atoms with Gasteiger partial charge in [-0.3, -0.25) is 4.79 Å². The molecule has 1 aliphatic rings. The highest BCUT2D eigenvalue weighted by Gasteiger charge is 2.26. The summed E-state index contributed by atoms with van der Waals surface area (Å²) in [5.41, 5.74) is 2.41. The Morgan fingerprint density at radius 2 is 1.89 bits per heavy atom. The van der Waals surface area contributed by atoms with Crippen molar-refractivity contribution in [1.29, 1.82) is 0 Å². The SMILES string of the molecule is CC(C)(C)NC(=O)[C@@H]1Cc2ccccc2CN1.Cl. The lowest BCUT2D eigenvalue weighted by Crippen LogP contribution is -2.52. The third-order valence-corrected chi connectivity index (χ3v) is 2.90. The van der Waals surface area contributed by atoms with Crippen LogP contribution in [-0.2, 0) is 17.8 Å². The summed E-state index contributed by atoms with van der Waals surface area (Å²) in [4.78, 5) is 12.0. The molecule has 1 aromatic rings. The maximum atomic E-state index is 12.0. The van der Waals surface area contributed by atoms with E-state index < -0.39 is 0 Å². The lowest BCUT2D eigenvalue weighted by Gasteiger charge is -2.29. The molecule has 2 rings (SSSR count). The average Bonchev–Trinajstić information content (AvgIpc) is 2.26. The molecule has 0 saturated heterocycles. The normalized spacial score (nSPS) is 18.5. The number of fused-ring (bicyclic) bond motifs is 1. The molecule has 18 heavy (non-hydrogen) atoms. The molecular formula is C14H21ClN2O. The average molecular weight is 269 g/mol. The summed E-state index contributed by atoms with van der Waals surface area (Å²) < 4.78 is 0. The van der Waals surface area contributed by atoms with Crippen molar-refractivity contribution in [2.45, 2.75) is 45.3 Å². The second-order valence-electron chi connectivity index (χ2n) is 5.65. The van der Waals surface area contributed by atoms with Crippen molar-refractivity contribution in [2.75, 3.05) is 0 Å². The van der Waals surface area contributed by atoms with Gasteiger partial charge in [0, 0.05) is 12.1 Å². The summed E-state index contributed by atoms with van der Waals surface area (Å²) in [7, 11) is 0. The number of amides is 1. The second kappa shape index (κ2) is 5.72. The summed E-state index contributed by atoms with van der Waals surface area (Å²) in [5.74, 6) is 0.0898. The van der Waals surface area contributed by atoms with Crippen LogP contribution < -0.4 is 10.6 Å². The molecule has 0 spiro atoms. The van der Waals surface area contributed by atoms with Crippen molar-refractivity contribution in [3.8, 4) is 0 Å². The maximum absolute atomic E-state index is 12.0. The summed E-state index contributed by atoms with van der Waals surface area (Å²) in [6.07, 6.45) is 0.776. The standard InChI is InChI=1S/C14H20N2O.ClH/c1-14(2,3)16-13(17)12-8-10-6-4-5-7-11(10)9-15-12;/h4-7,12,15H,8-9H2,1-3H3,(H,16,17);1H/t12-;/m0./s1. The fourth-order valence-corrected chi connectivity index (χ4v) is 2.10. The summed E-state index contributed by atoms with van der Waals surface area (Å²) in [6, 6.07) is 8.18. The molecule has 0 fully saturated rings. The predicted octanol–water partition coefficient (Wildman–Crippen LogP) is 2.04. The third-order valence-electron chi connectivity index (χ3n) is 2.90. The quantitative estimate of drug-likeness (QED) is 0.818. The zero-order valence-electron chi connectivity index (χ0n) is 11.1. The van der Waals surface area contributed by atoms with E-state index in [1.165, 1.54) is 11.1 Å². The van der Waals surface area contributed by atoms with Crippen LogP contribution >= 0.6 is 12.4 Å². The number of hydrogen-bond acceptors (Lipinski definition) is 2. The van der Waals surface area contributed by atoms with Crippen LogP contribution in [0, 0.1) is 0 Å². The van der Waals surface area contributed by atoms with Gasteiger partial charge in [0.2, 0.25) is 5.91 Å². The summed E-state index contributed by atoms with van der Waals surface area (Å²) >= 11 is 0. The van der Waals surface area contributed by atoms with E-state index in [-0.39, 0.29) is 29.9 Å². The Hall–Kier alpha value is -1.06. The van der Waals surface area contributed by atoms with Crippen LogP contribution in [0.5, 0.6) is 0 Å². The zero-order valence-corrected chi connectivity index (χ0v) is 11.9. The number of benzene rings is 1. The van der Waals surface area contributed by atoms with E-state index in [4.69, 9.17) is 0 Å². The van der Waals surface area contributed by atoms with E-state index >= 15 is 0 Å². The van der Waals surface area contributed by atoms with Gasteiger partial charge in [0.05, 0.1) is 6.04 Å². The summed E-state index contributed by atoms with van der Waals surface area (Å²) in [5, 5.41) is 6.30. The molecule has 0 aromatic heterocycles. The number of rotatable bonds is 1. The Bertz CT molecular complexity index is 426. The molecule has 0 aliphatic carbocycles. The van der Waals surface area contributed by atoms with Crippen molar-refractivity contribution in [3.63, 3.8) is 0 Å². The molecule has 100 valence electrons. The second-order valence-corrected chi connectivity index (χ2v) is 5.65. The van der Waals surface area contributed by atoms with Gasteiger partial charge in [0.25, 0.3) is 0 Å². The van der Waals surface area contributed by atoms with Gasteiger partial charge >= 0.3 is 0 Å². The molecular weight excluding hydrogens is 248 g/mol. The van der Waals surface area contributed by atoms with Crippen LogP contribution in [0.4, 0.5) is 0 Å². The van der Waals surface area contributed by atoms with Gasteiger partial charge in [-0.2, -0.15) is 0 Å². The minimum atomic E-state index is -0.171. The Morgan fingerprint density at radius 1 is 1.28 bits per heavy atom. The van der Waals surface area contributed by atoms with Gasteiger partial charge < -0.3 is 10.6 Å².